The first-order valence-corrected chi connectivity index (χ1v) is 5.01. The van der Waals surface area contributed by atoms with E-state index in [2.05, 4.69) is 0 Å². The second-order valence-corrected chi connectivity index (χ2v) is 4.28. The summed E-state index contributed by atoms with van der Waals surface area (Å²) in [6.07, 6.45) is -6.18. The maximum absolute atomic E-state index is 13.2. The highest BCUT2D eigenvalue weighted by Gasteiger charge is 2.77. The largest absolute Gasteiger partial charge is 0.480 e. The van der Waals surface area contributed by atoms with Crippen LogP contribution < -0.4 is 0 Å². The van der Waals surface area contributed by atoms with Crippen molar-refractivity contribution in [3.8, 4) is 0 Å². The minimum Gasteiger partial charge on any atom is -0.480 e. The van der Waals surface area contributed by atoms with Crippen molar-refractivity contribution in [1.82, 2.24) is 0 Å². The third kappa shape index (κ3) is 1.85. The van der Waals surface area contributed by atoms with E-state index in [9.17, 15) is 31.1 Å². The van der Waals surface area contributed by atoms with E-state index in [0.29, 0.717) is 12.1 Å². The molecule has 1 aliphatic carbocycles. The van der Waals surface area contributed by atoms with Gasteiger partial charge in [-0.3, -0.25) is 4.79 Å². The van der Waals surface area contributed by atoms with Crippen LogP contribution in [0.4, 0.5) is 26.3 Å². The van der Waals surface area contributed by atoms with Gasteiger partial charge in [-0.15, -0.1) is 0 Å². The van der Waals surface area contributed by atoms with Gasteiger partial charge < -0.3 is 5.11 Å². The Morgan fingerprint density at radius 1 is 1.26 bits per heavy atom. The number of benzene rings is 1. The summed E-state index contributed by atoms with van der Waals surface area (Å²) in [6.45, 7) is 0. The van der Waals surface area contributed by atoms with Gasteiger partial charge in [0.05, 0.1) is 5.56 Å². The molecule has 0 bridgehead atoms. The number of rotatable bonds is 2. The van der Waals surface area contributed by atoms with Crippen molar-refractivity contribution >= 4 is 5.97 Å². The third-order valence-electron chi connectivity index (χ3n) is 3.12. The van der Waals surface area contributed by atoms with Crippen LogP contribution in [0.15, 0.2) is 18.2 Å². The molecule has 0 heterocycles. The summed E-state index contributed by atoms with van der Waals surface area (Å²) >= 11 is 0. The normalized spacial score (nSPS) is 25.2. The van der Waals surface area contributed by atoms with Gasteiger partial charge in [0.25, 0.3) is 5.92 Å². The summed E-state index contributed by atoms with van der Waals surface area (Å²) in [5.74, 6) is -7.21. The van der Waals surface area contributed by atoms with Crippen LogP contribution >= 0.6 is 0 Å². The van der Waals surface area contributed by atoms with Crippen molar-refractivity contribution < 1.29 is 36.2 Å². The predicted molar refractivity (Wildman–Crippen MR) is 50.3 cm³/mol. The Morgan fingerprint density at radius 2 is 1.79 bits per heavy atom. The van der Waals surface area contributed by atoms with Gasteiger partial charge in [0.2, 0.25) is 0 Å². The maximum Gasteiger partial charge on any atom is 0.419 e. The summed E-state index contributed by atoms with van der Waals surface area (Å²) in [7, 11) is 0. The van der Waals surface area contributed by atoms with E-state index in [-0.39, 0.29) is 6.07 Å². The van der Waals surface area contributed by atoms with Crippen LogP contribution in [-0.2, 0) is 16.4 Å². The second kappa shape index (κ2) is 3.64. The Balaban J connectivity index is 2.57. The SMILES string of the molecule is O=C(O)C1(c2ccc(F)c(C(F)(F)F)c2)CC1(F)F. The average molecular weight is 284 g/mol. The van der Waals surface area contributed by atoms with Gasteiger partial charge in [0.1, 0.15) is 5.82 Å². The lowest BCUT2D eigenvalue weighted by molar-refractivity contribution is -0.144. The highest BCUT2D eigenvalue weighted by atomic mass is 19.4. The molecule has 0 aliphatic heterocycles. The standard InChI is InChI=1S/C11H6F6O2/c12-7-2-1-5(3-6(7)11(15,16)17)9(8(18)19)4-10(9,13)14/h1-3H,4H2,(H,18,19). The molecule has 1 N–H and O–H groups in total. The zero-order valence-corrected chi connectivity index (χ0v) is 9.06. The zero-order chi connectivity index (χ0) is 14.6. The number of carbonyl (C=O) groups is 1. The van der Waals surface area contributed by atoms with Gasteiger partial charge >= 0.3 is 12.1 Å². The molecule has 0 aromatic heterocycles. The van der Waals surface area contributed by atoms with E-state index in [1.807, 2.05) is 0 Å². The van der Waals surface area contributed by atoms with Crippen LogP contribution in [0, 0.1) is 5.82 Å². The molecule has 2 rings (SSSR count). The number of alkyl halides is 5. The minimum atomic E-state index is -5.08. The van der Waals surface area contributed by atoms with Crippen molar-refractivity contribution in [1.29, 1.82) is 0 Å². The fourth-order valence-corrected chi connectivity index (χ4v) is 1.97. The van der Waals surface area contributed by atoms with Gasteiger partial charge in [-0.1, -0.05) is 6.07 Å². The number of halogens is 6. The highest BCUT2D eigenvalue weighted by molar-refractivity contribution is 5.87. The molecule has 104 valence electrons. The van der Waals surface area contributed by atoms with Crippen molar-refractivity contribution in [3.63, 3.8) is 0 Å². The molecule has 1 saturated carbocycles. The third-order valence-corrected chi connectivity index (χ3v) is 3.12. The monoisotopic (exact) mass is 284 g/mol. The molecule has 0 spiro atoms. The lowest BCUT2D eigenvalue weighted by atomic mass is 9.93. The number of carboxylic acid groups (broad SMARTS) is 1. The van der Waals surface area contributed by atoms with Crippen molar-refractivity contribution in [3.05, 3.63) is 35.1 Å². The molecular weight excluding hydrogens is 278 g/mol. The van der Waals surface area contributed by atoms with Gasteiger partial charge in [-0.25, -0.2) is 13.2 Å². The summed E-state index contributed by atoms with van der Waals surface area (Å²) in [4.78, 5) is 10.9. The smallest absolute Gasteiger partial charge is 0.419 e. The molecule has 0 saturated heterocycles. The Morgan fingerprint density at radius 3 is 2.16 bits per heavy atom. The van der Waals surface area contributed by atoms with Crippen LogP contribution in [0.25, 0.3) is 0 Å². The van der Waals surface area contributed by atoms with E-state index in [1.54, 1.807) is 0 Å². The van der Waals surface area contributed by atoms with E-state index < -0.39 is 46.8 Å². The number of hydrogen-bond donors (Lipinski definition) is 1. The topological polar surface area (TPSA) is 37.3 Å². The Hall–Kier alpha value is -1.73. The van der Waals surface area contributed by atoms with E-state index in [1.165, 1.54) is 0 Å². The first-order valence-electron chi connectivity index (χ1n) is 5.01. The molecule has 8 heteroatoms. The predicted octanol–water partition coefficient (Wildman–Crippen LogP) is 3.21. The summed E-state index contributed by atoms with van der Waals surface area (Å²) in [5.41, 5.74) is -5.20. The quantitative estimate of drug-likeness (QED) is 0.847. The first kappa shape index (κ1) is 13.7. The molecule has 19 heavy (non-hydrogen) atoms. The average Bonchev–Trinajstić information content (AvgIpc) is 2.82. The number of hydrogen-bond acceptors (Lipinski definition) is 1. The maximum atomic E-state index is 13.2. The van der Waals surface area contributed by atoms with Crippen LogP contribution in [0.5, 0.6) is 0 Å². The molecule has 1 unspecified atom stereocenters. The number of carboxylic acids is 1. The van der Waals surface area contributed by atoms with Gasteiger partial charge in [-0.2, -0.15) is 13.2 Å². The second-order valence-electron chi connectivity index (χ2n) is 4.28. The van der Waals surface area contributed by atoms with Crippen LogP contribution in [-0.4, -0.2) is 17.0 Å². The summed E-state index contributed by atoms with van der Waals surface area (Å²) < 4.78 is 76.7. The molecule has 1 atom stereocenters. The minimum absolute atomic E-state index is 0.129. The molecule has 0 amide bonds. The van der Waals surface area contributed by atoms with Crippen molar-refractivity contribution in [2.24, 2.45) is 0 Å². The zero-order valence-electron chi connectivity index (χ0n) is 9.06. The molecule has 1 fully saturated rings. The van der Waals surface area contributed by atoms with Crippen LogP contribution in [0.3, 0.4) is 0 Å². The van der Waals surface area contributed by atoms with Crippen LogP contribution in [0.2, 0.25) is 0 Å². The van der Waals surface area contributed by atoms with Crippen molar-refractivity contribution in [2.75, 3.05) is 0 Å². The van der Waals surface area contributed by atoms with Crippen LogP contribution in [0.1, 0.15) is 17.5 Å². The molecule has 1 aromatic carbocycles. The van der Waals surface area contributed by atoms with Gasteiger partial charge in [-0.05, 0) is 17.7 Å². The Labute approximate surface area is 102 Å². The summed E-state index contributed by atoms with van der Waals surface area (Å²) in [6, 6.07) is 1.11. The molecule has 1 aromatic rings. The lowest BCUT2D eigenvalue weighted by Gasteiger charge is -2.15. The summed E-state index contributed by atoms with van der Waals surface area (Å²) in [5, 5.41) is 8.80. The Kier molecular flexibility index (Phi) is 2.63. The van der Waals surface area contributed by atoms with Crippen molar-refractivity contribution in [2.45, 2.75) is 23.9 Å². The lowest BCUT2D eigenvalue weighted by Crippen LogP contribution is -2.27. The van der Waals surface area contributed by atoms with E-state index >= 15 is 0 Å². The molecule has 2 nitrogen and oxygen atoms in total. The molecular formula is C11H6F6O2. The van der Waals surface area contributed by atoms with E-state index in [4.69, 9.17) is 5.11 Å². The molecule has 1 aliphatic rings. The van der Waals surface area contributed by atoms with Gasteiger partial charge in [0, 0.05) is 6.42 Å². The molecule has 0 radical (unpaired) electrons. The Bertz CT molecular complexity index is 551. The number of aliphatic carboxylic acids is 1. The van der Waals surface area contributed by atoms with E-state index in [0.717, 1.165) is 0 Å². The fourth-order valence-electron chi connectivity index (χ4n) is 1.97. The first-order chi connectivity index (χ1) is 8.52. The van der Waals surface area contributed by atoms with Gasteiger partial charge in [0.15, 0.2) is 5.41 Å². The highest BCUT2D eigenvalue weighted by Crippen LogP contribution is 2.62. The fraction of sp³-hybridized carbons (Fsp3) is 0.364.